The first-order valence-corrected chi connectivity index (χ1v) is 15.2. The minimum absolute atomic E-state index is 0.306. The third kappa shape index (κ3) is 7.15. The van der Waals surface area contributed by atoms with Crippen molar-refractivity contribution in [2.24, 2.45) is 0 Å². The summed E-state index contributed by atoms with van der Waals surface area (Å²) in [6.45, 7) is 5.93. The molecule has 0 fully saturated rings. The second-order valence-electron chi connectivity index (χ2n) is 8.01. The molecule has 0 aliphatic heterocycles. The molecule has 0 aliphatic carbocycles. The van der Waals surface area contributed by atoms with E-state index in [1.165, 1.54) is 0 Å². The third-order valence-corrected chi connectivity index (χ3v) is 14.8. The van der Waals surface area contributed by atoms with Crippen molar-refractivity contribution in [1.82, 2.24) is 0 Å². The molecule has 0 aromatic heterocycles. The zero-order valence-electron chi connectivity index (χ0n) is 18.0. The predicted molar refractivity (Wildman–Crippen MR) is 121 cm³/mol. The first kappa shape index (κ1) is 24.6. The molecule has 1 aromatic carbocycles. The molecular weight excluding hydrogens is 375 g/mol. The van der Waals surface area contributed by atoms with Gasteiger partial charge in [-0.3, -0.25) is 0 Å². The fourth-order valence-corrected chi connectivity index (χ4v) is 14.0. The van der Waals surface area contributed by atoms with Gasteiger partial charge in [-0.1, -0.05) is 0 Å². The molecule has 3 nitrogen and oxygen atoms in total. The molecule has 0 N–H and O–H groups in total. The Bertz CT molecular complexity index is 585. The van der Waals surface area contributed by atoms with Crippen LogP contribution in [0.1, 0.15) is 79.1 Å². The van der Waals surface area contributed by atoms with Crippen LogP contribution in [0.25, 0.3) is 0 Å². The van der Waals surface area contributed by atoms with Crippen molar-refractivity contribution in [2.45, 2.75) is 84.0 Å². The maximum atomic E-state index is 13.3. The van der Waals surface area contributed by atoms with Gasteiger partial charge in [-0.2, -0.15) is 0 Å². The Morgan fingerprint density at radius 3 is 1.41 bits per heavy atom. The van der Waals surface area contributed by atoms with Gasteiger partial charge in [0, 0.05) is 0 Å². The Balaban J connectivity index is 3.44. The van der Waals surface area contributed by atoms with E-state index in [2.05, 4.69) is 27.7 Å². The molecule has 27 heavy (non-hydrogen) atoms. The number of rotatable bonds is 15. The summed E-state index contributed by atoms with van der Waals surface area (Å²) in [5.74, 6) is 0. The predicted octanol–water partition coefficient (Wildman–Crippen LogP) is 7.06. The van der Waals surface area contributed by atoms with Crippen LogP contribution < -0.4 is 0 Å². The van der Waals surface area contributed by atoms with Gasteiger partial charge in [-0.05, 0) is 0 Å². The van der Waals surface area contributed by atoms with Crippen LogP contribution in [0.15, 0.2) is 35.2 Å². The molecule has 1 rings (SSSR count). The SMILES string of the molecule is CCCCP(CCCC)(CCCC)(CCCC)OS(=O)(=O)c1ccccc1. The Labute approximate surface area is 168 Å². The molecular formula is C22H41O3PS. The van der Waals surface area contributed by atoms with Gasteiger partial charge in [0.25, 0.3) is 0 Å². The van der Waals surface area contributed by atoms with E-state index in [4.69, 9.17) is 3.97 Å². The monoisotopic (exact) mass is 416 g/mol. The van der Waals surface area contributed by atoms with Gasteiger partial charge >= 0.3 is 168 Å². The van der Waals surface area contributed by atoms with E-state index < -0.39 is 16.9 Å². The van der Waals surface area contributed by atoms with E-state index in [0.717, 1.165) is 76.0 Å². The average Bonchev–Trinajstić information content (AvgIpc) is 2.68. The van der Waals surface area contributed by atoms with E-state index in [-0.39, 0.29) is 0 Å². The van der Waals surface area contributed by atoms with Gasteiger partial charge < -0.3 is 0 Å². The van der Waals surface area contributed by atoms with Crippen LogP contribution in [0.4, 0.5) is 0 Å². The summed E-state index contributed by atoms with van der Waals surface area (Å²) in [5.41, 5.74) is 0. The van der Waals surface area contributed by atoms with Crippen LogP contribution in [0.3, 0.4) is 0 Å². The van der Waals surface area contributed by atoms with Crippen molar-refractivity contribution >= 4 is 16.9 Å². The first-order valence-electron chi connectivity index (χ1n) is 10.9. The van der Waals surface area contributed by atoms with Gasteiger partial charge in [-0.25, -0.2) is 0 Å². The van der Waals surface area contributed by atoms with E-state index >= 15 is 0 Å². The summed E-state index contributed by atoms with van der Waals surface area (Å²) in [5, 5.41) is 0. The zero-order valence-corrected chi connectivity index (χ0v) is 19.7. The van der Waals surface area contributed by atoms with Crippen molar-refractivity contribution in [3.63, 3.8) is 0 Å². The molecule has 0 unspecified atom stereocenters. The second-order valence-corrected chi connectivity index (χ2v) is 15.5. The molecule has 0 atom stereocenters. The summed E-state index contributed by atoms with van der Waals surface area (Å²) in [6.07, 6.45) is 12.4. The first-order chi connectivity index (χ1) is 12.9. The molecule has 0 amide bonds. The topological polar surface area (TPSA) is 43.4 Å². The average molecular weight is 417 g/mol. The van der Waals surface area contributed by atoms with Crippen molar-refractivity contribution < 1.29 is 12.4 Å². The summed E-state index contributed by atoms with van der Waals surface area (Å²) < 4.78 is 33.1. The van der Waals surface area contributed by atoms with Crippen LogP contribution in [-0.4, -0.2) is 33.1 Å². The summed E-state index contributed by atoms with van der Waals surface area (Å²) >= 11 is 0. The molecule has 0 bridgehead atoms. The summed E-state index contributed by atoms with van der Waals surface area (Å²) in [4.78, 5) is 0.306. The molecule has 0 aliphatic rings. The van der Waals surface area contributed by atoms with Crippen LogP contribution in [0.5, 0.6) is 0 Å². The van der Waals surface area contributed by atoms with E-state index in [1.807, 2.05) is 6.07 Å². The van der Waals surface area contributed by atoms with E-state index in [9.17, 15) is 8.42 Å². The Hall–Kier alpha value is -0.440. The molecule has 1 aromatic rings. The maximum absolute atomic E-state index is 13.3. The van der Waals surface area contributed by atoms with Gasteiger partial charge in [-0.15, -0.1) is 0 Å². The van der Waals surface area contributed by atoms with Crippen LogP contribution in [0.2, 0.25) is 0 Å². The van der Waals surface area contributed by atoms with Crippen LogP contribution >= 0.6 is 6.83 Å². The molecule has 0 radical (unpaired) electrons. The van der Waals surface area contributed by atoms with Crippen molar-refractivity contribution in [3.05, 3.63) is 30.3 Å². The fraction of sp³-hybridized carbons (Fsp3) is 0.727. The number of hydrogen-bond donors (Lipinski definition) is 0. The minimum atomic E-state index is -3.74. The van der Waals surface area contributed by atoms with E-state index in [1.54, 1.807) is 24.3 Å². The standard InChI is InChI=1S/C22H41O3PS/c1-5-9-18-26(19-10-6-2,20-11-7-3,21-12-8-4)25-27(23,24)22-16-14-13-15-17-22/h13-17H,5-12,18-21H2,1-4H3. The summed E-state index contributed by atoms with van der Waals surface area (Å²) in [7, 11) is -3.74. The second kappa shape index (κ2) is 11.5. The molecule has 0 saturated heterocycles. The van der Waals surface area contributed by atoms with E-state index in [0.29, 0.717) is 4.90 Å². The third-order valence-electron chi connectivity index (χ3n) is 5.65. The Morgan fingerprint density at radius 1 is 0.704 bits per heavy atom. The number of hydrogen-bond acceptors (Lipinski definition) is 3. The fourth-order valence-electron chi connectivity index (χ4n) is 3.96. The number of benzene rings is 1. The quantitative estimate of drug-likeness (QED) is 0.287. The Morgan fingerprint density at radius 2 is 1.07 bits per heavy atom. The molecule has 0 spiro atoms. The van der Waals surface area contributed by atoms with Crippen molar-refractivity contribution in [3.8, 4) is 0 Å². The molecule has 158 valence electrons. The van der Waals surface area contributed by atoms with Crippen molar-refractivity contribution in [2.75, 3.05) is 24.6 Å². The normalized spacial score (nSPS) is 14.0. The van der Waals surface area contributed by atoms with Crippen LogP contribution in [-0.2, 0) is 14.1 Å². The molecule has 0 heterocycles. The Kier molecular flexibility index (Phi) is 10.5. The molecule has 5 heteroatoms. The van der Waals surface area contributed by atoms with Crippen LogP contribution in [0, 0.1) is 0 Å². The van der Waals surface area contributed by atoms with Gasteiger partial charge in [0.1, 0.15) is 0 Å². The van der Waals surface area contributed by atoms with Crippen molar-refractivity contribution in [1.29, 1.82) is 0 Å². The van der Waals surface area contributed by atoms with Gasteiger partial charge in [0.2, 0.25) is 0 Å². The van der Waals surface area contributed by atoms with Gasteiger partial charge in [0.05, 0.1) is 0 Å². The molecule has 0 saturated carbocycles. The van der Waals surface area contributed by atoms with Gasteiger partial charge in [0.15, 0.2) is 0 Å². The zero-order chi connectivity index (χ0) is 20.3. The summed E-state index contributed by atoms with van der Waals surface area (Å²) in [6, 6.07) is 8.74. The number of unbranched alkanes of at least 4 members (excludes halogenated alkanes) is 4.